The lowest BCUT2D eigenvalue weighted by atomic mass is 10.1. The van der Waals surface area contributed by atoms with Crippen LogP contribution in [0.4, 0.5) is 11.4 Å². The molecule has 0 atom stereocenters. The molecule has 0 aliphatic rings. The van der Waals surface area contributed by atoms with Crippen LogP contribution in [-0.4, -0.2) is 25.0 Å². The van der Waals surface area contributed by atoms with Crippen LogP contribution in [0.1, 0.15) is 42.4 Å². The molecular weight excluding hydrogens is 511 g/mol. The first kappa shape index (κ1) is 28.4. The third-order valence-corrected chi connectivity index (χ3v) is 6.08. The zero-order valence-electron chi connectivity index (χ0n) is 21.3. The number of hydrogen-bond donors (Lipinski definition) is 2. The van der Waals surface area contributed by atoms with Crippen LogP contribution in [0, 0.1) is 20.8 Å². The van der Waals surface area contributed by atoms with Crippen molar-refractivity contribution in [1.82, 2.24) is 0 Å². The van der Waals surface area contributed by atoms with Crippen LogP contribution < -0.4 is 20.1 Å². The molecule has 3 aromatic carbocycles. The van der Waals surface area contributed by atoms with Gasteiger partial charge in [-0.3, -0.25) is 9.59 Å². The van der Waals surface area contributed by atoms with Crippen molar-refractivity contribution in [1.29, 1.82) is 0 Å². The maximum Gasteiger partial charge on any atom is 0.224 e. The highest BCUT2D eigenvalue weighted by Crippen LogP contribution is 2.25. The summed E-state index contributed by atoms with van der Waals surface area (Å²) in [5.41, 5.74) is 4.00. The van der Waals surface area contributed by atoms with E-state index in [1.807, 2.05) is 57.2 Å². The fraction of sp³-hybridized carbons (Fsp3) is 0.310. The molecule has 0 aromatic heterocycles. The zero-order valence-corrected chi connectivity index (χ0v) is 22.8. The van der Waals surface area contributed by atoms with E-state index >= 15 is 0 Å². The Balaban J connectivity index is 1.44. The largest absolute Gasteiger partial charge is 0.493 e. The van der Waals surface area contributed by atoms with Gasteiger partial charge in [-0.05, 0) is 98.8 Å². The van der Waals surface area contributed by atoms with Gasteiger partial charge < -0.3 is 20.1 Å². The number of carbonyl (C=O) groups excluding carboxylic acids is 2. The number of nitrogens with one attached hydrogen (secondary N) is 2. The number of anilines is 2. The lowest BCUT2D eigenvalue weighted by Crippen LogP contribution is -2.17. The van der Waals surface area contributed by atoms with Gasteiger partial charge in [0, 0.05) is 22.9 Å². The van der Waals surface area contributed by atoms with Crippen molar-refractivity contribution in [2.45, 2.75) is 46.5 Å². The molecule has 0 radical (unpaired) electrons. The van der Waals surface area contributed by atoms with Gasteiger partial charge in [-0.15, -0.1) is 0 Å². The van der Waals surface area contributed by atoms with Gasteiger partial charge in [0.1, 0.15) is 11.5 Å². The van der Waals surface area contributed by atoms with Crippen molar-refractivity contribution in [3.63, 3.8) is 0 Å². The van der Waals surface area contributed by atoms with Crippen LogP contribution in [0.2, 0.25) is 10.0 Å². The Kier molecular flexibility index (Phi) is 10.7. The lowest BCUT2D eigenvalue weighted by Gasteiger charge is -2.14. The number of aryl methyl sites for hydroxylation is 3. The normalized spacial score (nSPS) is 10.6. The summed E-state index contributed by atoms with van der Waals surface area (Å²) in [5, 5.41) is 7.13. The van der Waals surface area contributed by atoms with E-state index in [2.05, 4.69) is 10.6 Å². The van der Waals surface area contributed by atoms with E-state index in [1.165, 1.54) is 0 Å². The number of rotatable bonds is 12. The Morgan fingerprint density at radius 2 is 1.16 bits per heavy atom. The van der Waals surface area contributed by atoms with Crippen LogP contribution in [0.25, 0.3) is 0 Å². The van der Waals surface area contributed by atoms with E-state index in [0.29, 0.717) is 47.5 Å². The molecular formula is C29H32Cl2N2O4. The molecule has 0 saturated heterocycles. The fourth-order valence-corrected chi connectivity index (χ4v) is 4.13. The van der Waals surface area contributed by atoms with E-state index < -0.39 is 0 Å². The minimum absolute atomic E-state index is 0.149. The predicted molar refractivity (Wildman–Crippen MR) is 150 cm³/mol. The molecule has 3 aromatic rings. The average molecular weight is 543 g/mol. The number of carbonyl (C=O) groups is 2. The summed E-state index contributed by atoms with van der Waals surface area (Å²) in [5.74, 6) is 1.20. The molecule has 37 heavy (non-hydrogen) atoms. The molecule has 3 rings (SSSR count). The molecule has 196 valence electrons. The number of halogens is 2. The molecule has 0 saturated carbocycles. The molecule has 0 bridgehead atoms. The van der Waals surface area contributed by atoms with Crippen molar-refractivity contribution < 1.29 is 19.1 Å². The molecule has 0 unspecified atom stereocenters. The second-order valence-electron chi connectivity index (χ2n) is 8.87. The quantitative estimate of drug-likeness (QED) is 0.232. The number of hydrogen-bond acceptors (Lipinski definition) is 4. The van der Waals surface area contributed by atoms with Crippen LogP contribution in [0.5, 0.6) is 11.5 Å². The first-order valence-corrected chi connectivity index (χ1v) is 12.9. The Morgan fingerprint density at radius 3 is 1.65 bits per heavy atom. The summed E-state index contributed by atoms with van der Waals surface area (Å²) < 4.78 is 11.5. The van der Waals surface area contributed by atoms with Crippen molar-refractivity contribution in [2.75, 3.05) is 23.8 Å². The Hall–Kier alpha value is -3.22. The van der Waals surface area contributed by atoms with E-state index in [9.17, 15) is 9.59 Å². The second-order valence-corrected chi connectivity index (χ2v) is 9.74. The standard InChI is InChI=1S/C29H32Cl2N2O4/c1-19-8-11-24(32-28(34)6-4-14-36-26-12-9-22(30)17-20(26)2)25(16-19)33-29(35)7-5-15-37-27-13-10-23(31)18-21(27)3/h8-13,16-18H,4-7,14-15H2,1-3H3,(H,32,34)(H,33,35). The highest BCUT2D eigenvalue weighted by atomic mass is 35.5. The number of benzene rings is 3. The first-order chi connectivity index (χ1) is 17.7. The average Bonchev–Trinajstić information content (AvgIpc) is 2.83. The maximum atomic E-state index is 12.6. The van der Waals surface area contributed by atoms with Gasteiger partial charge in [-0.2, -0.15) is 0 Å². The highest BCUT2D eigenvalue weighted by Gasteiger charge is 2.11. The van der Waals surface area contributed by atoms with Gasteiger partial charge in [-0.1, -0.05) is 29.3 Å². The minimum Gasteiger partial charge on any atom is -0.493 e. The lowest BCUT2D eigenvalue weighted by molar-refractivity contribution is -0.117. The molecule has 8 heteroatoms. The molecule has 0 fully saturated rings. The summed E-state index contributed by atoms with van der Waals surface area (Å²) in [6.45, 7) is 6.60. The van der Waals surface area contributed by atoms with Crippen molar-refractivity contribution in [3.8, 4) is 11.5 Å². The van der Waals surface area contributed by atoms with E-state index in [4.69, 9.17) is 32.7 Å². The monoisotopic (exact) mass is 542 g/mol. The SMILES string of the molecule is Cc1ccc(NC(=O)CCCOc2ccc(Cl)cc2C)c(NC(=O)CCCOc2ccc(Cl)cc2C)c1. The smallest absolute Gasteiger partial charge is 0.224 e. The molecule has 2 amide bonds. The molecule has 0 spiro atoms. The van der Waals surface area contributed by atoms with Crippen molar-refractivity contribution >= 4 is 46.4 Å². The summed E-state index contributed by atoms with van der Waals surface area (Å²) in [6.07, 6.45) is 1.67. The summed E-state index contributed by atoms with van der Waals surface area (Å²) >= 11 is 11.9. The van der Waals surface area contributed by atoms with Gasteiger partial charge in [0.15, 0.2) is 0 Å². The molecule has 0 aliphatic carbocycles. The van der Waals surface area contributed by atoms with E-state index in [-0.39, 0.29) is 24.7 Å². The zero-order chi connectivity index (χ0) is 26.8. The minimum atomic E-state index is -0.150. The molecule has 0 aliphatic heterocycles. The summed E-state index contributed by atoms with van der Waals surface area (Å²) in [4.78, 5) is 25.1. The van der Waals surface area contributed by atoms with E-state index in [1.54, 1.807) is 18.2 Å². The summed E-state index contributed by atoms with van der Waals surface area (Å²) in [6, 6.07) is 16.4. The van der Waals surface area contributed by atoms with Crippen molar-refractivity contribution in [2.24, 2.45) is 0 Å². The van der Waals surface area contributed by atoms with Crippen LogP contribution in [0.15, 0.2) is 54.6 Å². The van der Waals surface area contributed by atoms with Crippen LogP contribution >= 0.6 is 23.2 Å². The van der Waals surface area contributed by atoms with Gasteiger partial charge >= 0.3 is 0 Å². The van der Waals surface area contributed by atoms with Gasteiger partial charge in [0.05, 0.1) is 24.6 Å². The summed E-state index contributed by atoms with van der Waals surface area (Å²) in [7, 11) is 0. The third kappa shape index (κ3) is 9.30. The Morgan fingerprint density at radius 1 is 0.676 bits per heavy atom. The van der Waals surface area contributed by atoms with Crippen molar-refractivity contribution in [3.05, 3.63) is 81.3 Å². The number of amides is 2. The fourth-order valence-electron chi connectivity index (χ4n) is 3.68. The number of ether oxygens (including phenoxy) is 2. The second kappa shape index (κ2) is 13.9. The van der Waals surface area contributed by atoms with Gasteiger partial charge in [-0.25, -0.2) is 0 Å². The van der Waals surface area contributed by atoms with E-state index in [0.717, 1.165) is 28.2 Å². The third-order valence-electron chi connectivity index (χ3n) is 5.61. The molecule has 6 nitrogen and oxygen atoms in total. The maximum absolute atomic E-state index is 12.6. The highest BCUT2D eigenvalue weighted by molar-refractivity contribution is 6.31. The molecule has 2 N–H and O–H groups in total. The van der Waals surface area contributed by atoms with Crippen LogP contribution in [-0.2, 0) is 9.59 Å². The Labute approximate surface area is 228 Å². The predicted octanol–water partition coefficient (Wildman–Crippen LogP) is 7.51. The van der Waals surface area contributed by atoms with Crippen LogP contribution in [0.3, 0.4) is 0 Å². The first-order valence-electron chi connectivity index (χ1n) is 12.2. The topological polar surface area (TPSA) is 76.7 Å². The van der Waals surface area contributed by atoms with Gasteiger partial charge in [0.2, 0.25) is 11.8 Å². The van der Waals surface area contributed by atoms with Gasteiger partial charge in [0.25, 0.3) is 0 Å². The molecule has 0 heterocycles. The Bertz CT molecular complexity index is 1250.